The summed E-state index contributed by atoms with van der Waals surface area (Å²) >= 11 is 2.19. The number of carbonyl (C=O) groups is 2. The van der Waals surface area contributed by atoms with Gasteiger partial charge in [0.2, 0.25) is 0 Å². The summed E-state index contributed by atoms with van der Waals surface area (Å²) in [6.45, 7) is 3.47. The van der Waals surface area contributed by atoms with Gasteiger partial charge in [-0.05, 0) is 0 Å². The van der Waals surface area contributed by atoms with Crippen molar-refractivity contribution in [2.75, 3.05) is 13.2 Å². The Kier molecular flexibility index (Phi) is 5.47. The number of esters is 2. The lowest BCUT2D eigenvalue weighted by Gasteiger charge is -2.32. The number of hydrogen-bond donors (Lipinski definition) is 0. The Hall–Kier alpha value is -0.370. The second-order valence-electron chi connectivity index (χ2n) is 3.66. The van der Waals surface area contributed by atoms with Gasteiger partial charge in [-0.25, -0.2) is 0 Å². The molecule has 0 amide bonds. The molecule has 1 heterocycles. The van der Waals surface area contributed by atoms with Gasteiger partial charge < -0.3 is 14.2 Å². The minimum Gasteiger partial charge on any atom is -0.463 e. The predicted octanol–water partition coefficient (Wildman–Crippen LogP) is 1.07. The van der Waals surface area contributed by atoms with Gasteiger partial charge in [0.1, 0.15) is 12.7 Å². The first-order chi connectivity index (χ1) is 7.49. The second kappa shape index (κ2) is 6.39. The van der Waals surface area contributed by atoms with Crippen LogP contribution < -0.4 is 0 Å². The largest absolute Gasteiger partial charge is 0.463 e. The molecule has 16 heavy (non-hydrogen) atoms. The van der Waals surface area contributed by atoms with Crippen molar-refractivity contribution < 1.29 is 23.8 Å². The van der Waals surface area contributed by atoms with Gasteiger partial charge in [-0.3, -0.25) is 9.59 Å². The number of alkyl halides is 1. The molecule has 1 aliphatic heterocycles. The molecule has 0 spiro atoms. The molecule has 1 aliphatic rings. The molecule has 6 heteroatoms. The van der Waals surface area contributed by atoms with Crippen LogP contribution in [0.15, 0.2) is 0 Å². The summed E-state index contributed by atoms with van der Waals surface area (Å²) in [7, 11) is 0. The van der Waals surface area contributed by atoms with Crippen molar-refractivity contribution in [3.05, 3.63) is 0 Å². The van der Waals surface area contributed by atoms with Crippen molar-refractivity contribution in [3.8, 4) is 0 Å². The fourth-order valence-corrected chi connectivity index (χ4v) is 2.12. The molecule has 92 valence electrons. The summed E-state index contributed by atoms with van der Waals surface area (Å²) in [6.07, 6.45) is 0.229. The maximum absolute atomic E-state index is 10.9. The molecule has 1 fully saturated rings. The van der Waals surface area contributed by atoms with E-state index in [0.29, 0.717) is 13.0 Å². The van der Waals surface area contributed by atoms with E-state index in [9.17, 15) is 9.59 Å². The highest BCUT2D eigenvalue weighted by Crippen LogP contribution is 2.23. The molecule has 1 saturated heterocycles. The zero-order chi connectivity index (χ0) is 12.1. The highest BCUT2D eigenvalue weighted by atomic mass is 127. The Morgan fingerprint density at radius 3 is 2.62 bits per heavy atom. The lowest BCUT2D eigenvalue weighted by atomic mass is 10.1. The van der Waals surface area contributed by atoms with Crippen LogP contribution in [0.4, 0.5) is 0 Å². The molecule has 0 bridgehead atoms. The maximum atomic E-state index is 10.9. The van der Waals surface area contributed by atoms with E-state index < -0.39 is 0 Å². The summed E-state index contributed by atoms with van der Waals surface area (Å²) in [5.41, 5.74) is 0. The molecule has 0 aromatic carbocycles. The third kappa shape index (κ3) is 4.65. The van der Waals surface area contributed by atoms with Crippen LogP contribution in [0.25, 0.3) is 0 Å². The van der Waals surface area contributed by atoms with E-state index in [1.165, 1.54) is 13.8 Å². The highest BCUT2D eigenvalue weighted by Gasteiger charge is 2.32. The van der Waals surface area contributed by atoms with E-state index in [-0.39, 0.29) is 34.7 Å². The molecule has 0 aromatic heterocycles. The van der Waals surface area contributed by atoms with E-state index in [4.69, 9.17) is 14.2 Å². The Balaban J connectivity index is 2.40. The molecule has 1 rings (SSSR count). The predicted molar refractivity (Wildman–Crippen MR) is 64.4 cm³/mol. The molecule has 0 aliphatic carbocycles. The third-order valence-corrected chi connectivity index (χ3v) is 3.34. The molecular weight excluding hydrogens is 327 g/mol. The average molecular weight is 342 g/mol. The quantitative estimate of drug-likeness (QED) is 0.436. The molecule has 0 unspecified atom stereocenters. The van der Waals surface area contributed by atoms with Gasteiger partial charge in [0.05, 0.1) is 16.6 Å². The monoisotopic (exact) mass is 342 g/mol. The number of carbonyl (C=O) groups excluding carboxylic acids is 2. The van der Waals surface area contributed by atoms with Crippen molar-refractivity contribution in [3.63, 3.8) is 0 Å². The van der Waals surface area contributed by atoms with Gasteiger partial charge in [0.25, 0.3) is 0 Å². The average Bonchev–Trinajstić information content (AvgIpc) is 2.18. The number of ether oxygens (including phenoxy) is 3. The van der Waals surface area contributed by atoms with E-state index in [0.717, 1.165) is 0 Å². The smallest absolute Gasteiger partial charge is 0.302 e. The van der Waals surface area contributed by atoms with E-state index in [2.05, 4.69) is 22.6 Å². The van der Waals surface area contributed by atoms with Crippen LogP contribution in [0.3, 0.4) is 0 Å². The van der Waals surface area contributed by atoms with Gasteiger partial charge in [-0.2, -0.15) is 0 Å². The van der Waals surface area contributed by atoms with Gasteiger partial charge in [-0.15, -0.1) is 0 Å². The summed E-state index contributed by atoms with van der Waals surface area (Å²) in [5, 5.41) is 0. The van der Waals surface area contributed by atoms with Crippen LogP contribution in [0.5, 0.6) is 0 Å². The highest BCUT2D eigenvalue weighted by molar-refractivity contribution is 14.1. The van der Waals surface area contributed by atoms with Crippen LogP contribution >= 0.6 is 22.6 Å². The van der Waals surface area contributed by atoms with E-state index >= 15 is 0 Å². The van der Waals surface area contributed by atoms with E-state index in [1.54, 1.807) is 0 Å². The lowest BCUT2D eigenvalue weighted by Crippen LogP contribution is -2.42. The Morgan fingerprint density at radius 2 is 2.06 bits per heavy atom. The summed E-state index contributed by atoms with van der Waals surface area (Å²) in [5.74, 6) is -0.621. The number of halogens is 1. The molecule has 3 atom stereocenters. The summed E-state index contributed by atoms with van der Waals surface area (Å²) in [6, 6.07) is 0. The molecule has 5 nitrogen and oxygen atoms in total. The first-order valence-corrected chi connectivity index (χ1v) is 6.30. The van der Waals surface area contributed by atoms with Crippen molar-refractivity contribution in [1.29, 1.82) is 0 Å². The molecule has 0 aromatic rings. The van der Waals surface area contributed by atoms with Gasteiger partial charge in [-0.1, -0.05) is 22.6 Å². The standard InChI is InChI=1S/C10H15IO5/c1-6(12)14-4-8-3-10(16-7(2)13)9(11)5-15-8/h8-10H,3-5H2,1-2H3/t8-,9-,10-/m0/s1. The molecular formula is C10H15IO5. The van der Waals surface area contributed by atoms with Crippen LogP contribution in [-0.4, -0.2) is 41.3 Å². The van der Waals surface area contributed by atoms with Crippen molar-refractivity contribution in [1.82, 2.24) is 0 Å². The summed E-state index contributed by atoms with van der Waals surface area (Å²) in [4.78, 5) is 21.5. The minimum atomic E-state index is -0.329. The minimum absolute atomic E-state index is 0.148. The van der Waals surface area contributed by atoms with Gasteiger partial charge in [0, 0.05) is 20.3 Å². The Labute approximate surface area is 108 Å². The number of hydrogen-bond acceptors (Lipinski definition) is 5. The van der Waals surface area contributed by atoms with Crippen LogP contribution in [0, 0.1) is 0 Å². The SMILES string of the molecule is CC(=O)OC[C@@H]1C[C@H](OC(C)=O)[C@@H](I)CO1. The van der Waals surface area contributed by atoms with Gasteiger partial charge >= 0.3 is 11.9 Å². The zero-order valence-corrected chi connectivity index (χ0v) is 11.4. The maximum Gasteiger partial charge on any atom is 0.302 e. The summed E-state index contributed by atoms with van der Waals surface area (Å²) < 4.78 is 15.7. The van der Waals surface area contributed by atoms with Crippen molar-refractivity contribution in [2.24, 2.45) is 0 Å². The fourth-order valence-electron chi connectivity index (χ4n) is 1.47. The Morgan fingerprint density at radius 1 is 1.38 bits per heavy atom. The molecule has 0 radical (unpaired) electrons. The first-order valence-electron chi connectivity index (χ1n) is 5.05. The normalized spacial score (nSPS) is 29.6. The van der Waals surface area contributed by atoms with Crippen molar-refractivity contribution in [2.45, 2.75) is 36.4 Å². The van der Waals surface area contributed by atoms with Gasteiger partial charge in [0.15, 0.2) is 0 Å². The molecule has 0 N–H and O–H groups in total. The van der Waals surface area contributed by atoms with E-state index in [1.807, 2.05) is 0 Å². The Bertz CT molecular complexity index is 268. The fraction of sp³-hybridized carbons (Fsp3) is 0.800. The lowest BCUT2D eigenvalue weighted by molar-refractivity contribution is -0.158. The molecule has 0 saturated carbocycles. The second-order valence-corrected chi connectivity index (χ2v) is 5.26. The van der Waals surface area contributed by atoms with Crippen LogP contribution in [0.2, 0.25) is 0 Å². The zero-order valence-electron chi connectivity index (χ0n) is 9.27. The topological polar surface area (TPSA) is 61.8 Å². The number of rotatable bonds is 3. The van der Waals surface area contributed by atoms with Crippen LogP contribution in [0.1, 0.15) is 20.3 Å². The van der Waals surface area contributed by atoms with Crippen molar-refractivity contribution >= 4 is 34.5 Å². The van der Waals surface area contributed by atoms with Crippen LogP contribution in [-0.2, 0) is 23.8 Å². The first kappa shape index (κ1) is 13.7. The third-order valence-electron chi connectivity index (χ3n) is 2.18.